The number of anilines is 1. The van der Waals surface area contributed by atoms with Gasteiger partial charge in [-0.1, -0.05) is 0 Å². The van der Waals surface area contributed by atoms with Crippen LogP contribution in [0.4, 0.5) is 5.82 Å². The van der Waals surface area contributed by atoms with E-state index in [4.69, 9.17) is 5.11 Å². The molecule has 1 amide bonds. The van der Waals surface area contributed by atoms with Gasteiger partial charge in [0.15, 0.2) is 0 Å². The molecule has 1 aliphatic rings. The number of amides is 1. The minimum atomic E-state index is -0.983. The second kappa shape index (κ2) is 5.11. The molecule has 1 aromatic rings. The van der Waals surface area contributed by atoms with Crippen LogP contribution in [0.15, 0.2) is 12.3 Å². The highest BCUT2D eigenvalue weighted by Crippen LogP contribution is 2.33. The number of carboxylic acids is 1. The zero-order valence-corrected chi connectivity index (χ0v) is 11.9. The number of aromatic carboxylic acids is 1. The van der Waals surface area contributed by atoms with Gasteiger partial charge in [0, 0.05) is 26.3 Å². The largest absolute Gasteiger partial charge is 0.478 e. The summed E-state index contributed by atoms with van der Waals surface area (Å²) in [6.07, 6.45) is 2.12. The quantitative estimate of drug-likeness (QED) is 0.863. The molecule has 1 fully saturated rings. The zero-order chi connectivity index (χ0) is 14.9. The Kier molecular flexibility index (Phi) is 3.65. The first-order chi connectivity index (χ1) is 9.37. The van der Waals surface area contributed by atoms with Gasteiger partial charge in [0.2, 0.25) is 5.91 Å². The Hall–Kier alpha value is -2.11. The van der Waals surface area contributed by atoms with Crippen molar-refractivity contribution in [1.82, 2.24) is 10.3 Å². The molecule has 1 unspecified atom stereocenters. The summed E-state index contributed by atoms with van der Waals surface area (Å²) < 4.78 is 0. The maximum absolute atomic E-state index is 11.9. The Labute approximate surface area is 117 Å². The molecule has 0 aliphatic carbocycles. The van der Waals surface area contributed by atoms with Crippen molar-refractivity contribution in [3.05, 3.63) is 23.4 Å². The van der Waals surface area contributed by atoms with E-state index in [-0.39, 0.29) is 11.5 Å². The highest BCUT2D eigenvalue weighted by Gasteiger charge is 2.40. The van der Waals surface area contributed by atoms with E-state index in [2.05, 4.69) is 10.3 Å². The number of nitrogens with zero attached hydrogens (tertiary/aromatic N) is 2. The maximum atomic E-state index is 11.9. The molecule has 0 radical (unpaired) electrons. The van der Waals surface area contributed by atoms with Gasteiger partial charge in [-0.25, -0.2) is 9.78 Å². The number of carbonyl (C=O) groups is 2. The van der Waals surface area contributed by atoms with Crippen LogP contribution in [-0.2, 0) is 4.79 Å². The molecule has 2 N–H and O–H groups in total. The average Bonchev–Trinajstić information content (AvgIpc) is 2.81. The maximum Gasteiger partial charge on any atom is 0.337 e. The van der Waals surface area contributed by atoms with Crippen molar-refractivity contribution in [2.24, 2.45) is 5.41 Å². The number of carbonyl (C=O) groups excluding carboxylic acids is 1. The van der Waals surface area contributed by atoms with Crippen molar-refractivity contribution in [2.45, 2.75) is 20.3 Å². The predicted octanol–water partition coefficient (Wildman–Crippen LogP) is 1.05. The molecule has 2 rings (SSSR count). The predicted molar refractivity (Wildman–Crippen MR) is 74.9 cm³/mol. The van der Waals surface area contributed by atoms with Crippen LogP contribution in [0.2, 0.25) is 0 Å². The van der Waals surface area contributed by atoms with Gasteiger partial charge in [-0.3, -0.25) is 4.79 Å². The van der Waals surface area contributed by atoms with Crippen molar-refractivity contribution in [3.8, 4) is 0 Å². The summed E-state index contributed by atoms with van der Waals surface area (Å²) in [6, 6.07) is 1.61. The first-order valence-electron chi connectivity index (χ1n) is 6.54. The summed E-state index contributed by atoms with van der Waals surface area (Å²) in [6.45, 7) is 5.11. The number of aryl methyl sites for hydroxylation is 1. The fraction of sp³-hybridized carbons (Fsp3) is 0.500. The van der Waals surface area contributed by atoms with Gasteiger partial charge >= 0.3 is 5.97 Å². The summed E-state index contributed by atoms with van der Waals surface area (Å²) in [7, 11) is 1.64. The summed E-state index contributed by atoms with van der Waals surface area (Å²) in [5.74, 6) is -0.203. The fourth-order valence-corrected chi connectivity index (χ4v) is 2.64. The van der Waals surface area contributed by atoms with Crippen LogP contribution in [0.5, 0.6) is 0 Å². The van der Waals surface area contributed by atoms with Gasteiger partial charge in [0.05, 0.1) is 11.0 Å². The van der Waals surface area contributed by atoms with Crippen LogP contribution in [0.3, 0.4) is 0 Å². The highest BCUT2D eigenvalue weighted by molar-refractivity contribution is 5.88. The van der Waals surface area contributed by atoms with Gasteiger partial charge in [-0.2, -0.15) is 0 Å². The Morgan fingerprint density at radius 1 is 1.50 bits per heavy atom. The van der Waals surface area contributed by atoms with E-state index >= 15 is 0 Å². The van der Waals surface area contributed by atoms with Gasteiger partial charge in [-0.15, -0.1) is 0 Å². The number of carboxylic acid groups (broad SMARTS) is 1. The second-order valence-electron chi connectivity index (χ2n) is 5.48. The van der Waals surface area contributed by atoms with Crippen LogP contribution >= 0.6 is 0 Å². The normalized spacial score (nSPS) is 21.9. The van der Waals surface area contributed by atoms with Crippen molar-refractivity contribution in [3.63, 3.8) is 0 Å². The second-order valence-corrected chi connectivity index (χ2v) is 5.48. The van der Waals surface area contributed by atoms with E-state index in [1.807, 2.05) is 18.7 Å². The van der Waals surface area contributed by atoms with Crippen LogP contribution in [0.1, 0.15) is 29.3 Å². The molecule has 20 heavy (non-hydrogen) atoms. The molecule has 0 spiro atoms. The van der Waals surface area contributed by atoms with Crippen molar-refractivity contribution in [2.75, 3.05) is 25.0 Å². The summed E-state index contributed by atoms with van der Waals surface area (Å²) in [5.41, 5.74) is 0.569. The molecule has 0 saturated carbocycles. The smallest absolute Gasteiger partial charge is 0.337 e. The first-order valence-corrected chi connectivity index (χ1v) is 6.54. The highest BCUT2D eigenvalue weighted by atomic mass is 16.4. The minimum Gasteiger partial charge on any atom is -0.478 e. The summed E-state index contributed by atoms with van der Waals surface area (Å²) in [5, 5.41) is 11.6. The number of hydrogen-bond acceptors (Lipinski definition) is 4. The van der Waals surface area contributed by atoms with Crippen LogP contribution in [0, 0.1) is 12.3 Å². The fourth-order valence-electron chi connectivity index (χ4n) is 2.64. The van der Waals surface area contributed by atoms with E-state index in [0.29, 0.717) is 6.54 Å². The molecule has 1 atom stereocenters. The lowest BCUT2D eigenvalue weighted by molar-refractivity contribution is -0.128. The van der Waals surface area contributed by atoms with E-state index in [0.717, 1.165) is 24.3 Å². The van der Waals surface area contributed by atoms with Crippen molar-refractivity contribution in [1.29, 1.82) is 0 Å². The van der Waals surface area contributed by atoms with E-state index in [1.54, 1.807) is 13.1 Å². The number of nitrogens with one attached hydrogen (secondary N) is 1. The molecule has 6 heteroatoms. The molecule has 108 valence electrons. The summed E-state index contributed by atoms with van der Waals surface area (Å²) in [4.78, 5) is 29.1. The van der Waals surface area contributed by atoms with E-state index in [9.17, 15) is 9.59 Å². The molecule has 1 saturated heterocycles. The van der Waals surface area contributed by atoms with Gasteiger partial charge in [-0.05, 0) is 31.9 Å². The molecule has 1 aromatic heterocycles. The Bertz CT molecular complexity index is 559. The zero-order valence-electron chi connectivity index (χ0n) is 11.9. The van der Waals surface area contributed by atoms with Gasteiger partial charge in [0.1, 0.15) is 5.82 Å². The first kappa shape index (κ1) is 14.3. The lowest BCUT2D eigenvalue weighted by Gasteiger charge is -2.24. The molecule has 2 heterocycles. The van der Waals surface area contributed by atoms with Gasteiger partial charge < -0.3 is 15.3 Å². The van der Waals surface area contributed by atoms with E-state index in [1.165, 1.54) is 6.20 Å². The average molecular weight is 277 g/mol. The topological polar surface area (TPSA) is 82.5 Å². The molecule has 6 nitrogen and oxygen atoms in total. The summed E-state index contributed by atoms with van der Waals surface area (Å²) >= 11 is 0. The molecular weight excluding hydrogens is 258 g/mol. The Morgan fingerprint density at radius 3 is 2.75 bits per heavy atom. The molecular formula is C14H19N3O3. The monoisotopic (exact) mass is 277 g/mol. The number of hydrogen-bond donors (Lipinski definition) is 2. The van der Waals surface area contributed by atoms with Gasteiger partial charge in [0.25, 0.3) is 0 Å². The lowest BCUT2D eigenvalue weighted by Crippen LogP contribution is -2.39. The van der Waals surface area contributed by atoms with Crippen LogP contribution in [-0.4, -0.2) is 42.1 Å². The number of rotatable bonds is 3. The Morgan fingerprint density at radius 2 is 2.20 bits per heavy atom. The third-order valence-corrected chi connectivity index (χ3v) is 3.85. The van der Waals surface area contributed by atoms with Crippen molar-refractivity contribution < 1.29 is 14.7 Å². The third kappa shape index (κ3) is 2.45. The van der Waals surface area contributed by atoms with E-state index < -0.39 is 11.4 Å². The van der Waals surface area contributed by atoms with Crippen molar-refractivity contribution >= 4 is 17.7 Å². The molecule has 0 bridgehead atoms. The standard InChI is InChI=1S/C14H19N3O3/c1-9-6-10(12(18)19)7-16-11(9)17-5-4-14(2,8-17)13(20)15-3/h6-7H,4-5,8H2,1-3H3,(H,15,20)(H,18,19). The van der Waals surface area contributed by atoms with Crippen LogP contribution in [0.25, 0.3) is 0 Å². The Balaban J connectivity index is 2.22. The SMILES string of the molecule is CNC(=O)C1(C)CCN(c2ncc(C(=O)O)cc2C)C1. The molecule has 0 aromatic carbocycles. The molecule has 1 aliphatic heterocycles. The lowest BCUT2D eigenvalue weighted by atomic mass is 9.89. The third-order valence-electron chi connectivity index (χ3n) is 3.85. The number of aromatic nitrogens is 1. The number of pyridine rings is 1. The minimum absolute atomic E-state index is 0.0276. The van der Waals surface area contributed by atoms with Crippen LogP contribution < -0.4 is 10.2 Å².